The monoisotopic (exact) mass is 480 g/mol. The average molecular weight is 480 g/mol. The van der Waals surface area contributed by atoms with E-state index < -0.39 is 58.3 Å². The maximum Gasteiger partial charge on any atom is 0.454 e. The molecule has 2 rings (SSSR count). The Labute approximate surface area is 184 Å². The van der Waals surface area contributed by atoms with Gasteiger partial charge in [0.15, 0.2) is 18.3 Å². The summed E-state index contributed by atoms with van der Waals surface area (Å²) in [5, 5.41) is 0. The average Bonchev–Trinajstić information content (AvgIpc) is 2.64. The molecule has 1 aliphatic rings. The van der Waals surface area contributed by atoms with Gasteiger partial charge < -0.3 is 14.2 Å². The zero-order valence-electron chi connectivity index (χ0n) is 16.6. The van der Waals surface area contributed by atoms with E-state index in [-0.39, 0.29) is 5.75 Å². The number of hydrogen-bond acceptors (Lipinski definition) is 9. The minimum atomic E-state index is -4.97. The summed E-state index contributed by atoms with van der Waals surface area (Å²) in [5.74, 6) is -3.63. The molecule has 31 heavy (non-hydrogen) atoms. The van der Waals surface area contributed by atoms with Crippen molar-refractivity contribution in [2.75, 3.05) is 5.75 Å². The number of alkyl halides is 3. The number of ketones is 1. The van der Waals surface area contributed by atoms with Crippen LogP contribution in [0.1, 0.15) is 31.1 Å². The van der Waals surface area contributed by atoms with Gasteiger partial charge >= 0.3 is 24.1 Å². The molecular weight excluding hydrogens is 461 g/mol. The molecule has 170 valence electrons. The van der Waals surface area contributed by atoms with Crippen molar-refractivity contribution in [3.63, 3.8) is 0 Å². The lowest BCUT2D eigenvalue weighted by molar-refractivity contribution is -0.180. The normalized spacial score (nSPS) is 23.5. The molecule has 0 amide bonds. The fourth-order valence-corrected chi connectivity index (χ4v) is 5.58. The van der Waals surface area contributed by atoms with Gasteiger partial charge in [0.2, 0.25) is 0 Å². The fraction of sp³-hybridized carbons (Fsp3) is 0.474. The second-order valence-electron chi connectivity index (χ2n) is 6.47. The number of ether oxygens (including phenoxy) is 3. The van der Waals surface area contributed by atoms with Gasteiger partial charge in [0.25, 0.3) is 5.78 Å². The van der Waals surface area contributed by atoms with Gasteiger partial charge in [-0.15, -0.1) is 23.5 Å². The molecule has 0 bridgehead atoms. The molecule has 1 aromatic carbocycles. The Morgan fingerprint density at radius 3 is 1.90 bits per heavy atom. The van der Waals surface area contributed by atoms with Crippen molar-refractivity contribution in [3.8, 4) is 0 Å². The third-order valence-corrected chi connectivity index (χ3v) is 6.79. The SMILES string of the molecule is CC(=O)O[C@@H]1[C@@H](OC(C)=O)[C@H](Sc2ccc(C(=O)C(F)(F)F)cc2)SC[C@H]1OC(C)=O. The van der Waals surface area contributed by atoms with E-state index in [1.54, 1.807) is 0 Å². The van der Waals surface area contributed by atoms with Gasteiger partial charge in [0.05, 0.1) is 4.58 Å². The number of halogens is 3. The Morgan fingerprint density at radius 2 is 1.42 bits per heavy atom. The van der Waals surface area contributed by atoms with Gasteiger partial charge in [-0.05, 0) is 24.3 Å². The van der Waals surface area contributed by atoms with Crippen molar-refractivity contribution in [1.29, 1.82) is 0 Å². The van der Waals surface area contributed by atoms with Gasteiger partial charge in [0, 0.05) is 37.0 Å². The highest BCUT2D eigenvalue weighted by Crippen LogP contribution is 2.42. The summed E-state index contributed by atoms with van der Waals surface area (Å²) in [5.41, 5.74) is -0.502. The van der Waals surface area contributed by atoms with Crippen molar-refractivity contribution in [2.45, 2.75) is 54.7 Å². The van der Waals surface area contributed by atoms with Crippen molar-refractivity contribution >= 4 is 47.2 Å². The molecule has 12 heteroatoms. The smallest absolute Gasteiger partial charge is 0.454 e. The molecule has 0 N–H and O–H groups in total. The zero-order chi connectivity index (χ0) is 23.3. The van der Waals surface area contributed by atoms with Crippen LogP contribution in [0.4, 0.5) is 13.2 Å². The van der Waals surface area contributed by atoms with Crippen LogP contribution in [0.15, 0.2) is 29.2 Å². The predicted octanol–water partition coefficient (Wildman–Crippen LogP) is 3.39. The number of benzene rings is 1. The van der Waals surface area contributed by atoms with E-state index in [0.29, 0.717) is 4.90 Å². The van der Waals surface area contributed by atoms with Gasteiger partial charge in [0.1, 0.15) is 0 Å². The summed E-state index contributed by atoms with van der Waals surface area (Å²) in [6, 6.07) is 4.79. The lowest BCUT2D eigenvalue weighted by Crippen LogP contribution is -2.53. The topological polar surface area (TPSA) is 96.0 Å². The van der Waals surface area contributed by atoms with Crippen LogP contribution in [0.5, 0.6) is 0 Å². The third kappa shape index (κ3) is 7.17. The zero-order valence-corrected chi connectivity index (χ0v) is 18.3. The number of hydrogen-bond donors (Lipinski definition) is 0. The highest BCUT2D eigenvalue weighted by Gasteiger charge is 2.46. The Bertz CT molecular complexity index is 842. The lowest BCUT2D eigenvalue weighted by Gasteiger charge is -2.39. The van der Waals surface area contributed by atoms with Gasteiger partial charge in [-0.2, -0.15) is 13.2 Å². The Morgan fingerprint density at radius 1 is 0.903 bits per heavy atom. The molecular formula is C19H19F3O7S2. The van der Waals surface area contributed by atoms with E-state index in [4.69, 9.17) is 14.2 Å². The largest absolute Gasteiger partial charge is 0.458 e. The van der Waals surface area contributed by atoms with Gasteiger partial charge in [-0.3, -0.25) is 19.2 Å². The summed E-state index contributed by atoms with van der Waals surface area (Å²) < 4.78 is 53.0. The molecule has 1 aliphatic heterocycles. The molecule has 0 radical (unpaired) electrons. The first-order valence-corrected chi connectivity index (χ1v) is 10.8. The van der Waals surface area contributed by atoms with Crippen LogP contribution in [-0.4, -0.2) is 58.5 Å². The van der Waals surface area contributed by atoms with E-state index >= 15 is 0 Å². The van der Waals surface area contributed by atoms with Gasteiger partial charge in [-0.25, -0.2) is 0 Å². The van der Waals surface area contributed by atoms with Crippen LogP contribution < -0.4 is 0 Å². The number of carbonyl (C=O) groups excluding carboxylic acids is 4. The summed E-state index contributed by atoms with van der Waals surface area (Å²) in [7, 11) is 0. The lowest BCUT2D eigenvalue weighted by atomic mass is 10.1. The number of thioether (sulfide) groups is 2. The minimum Gasteiger partial charge on any atom is -0.458 e. The van der Waals surface area contributed by atoms with E-state index in [1.165, 1.54) is 37.7 Å². The minimum absolute atomic E-state index is 0.234. The maximum atomic E-state index is 12.6. The van der Waals surface area contributed by atoms with Gasteiger partial charge in [-0.1, -0.05) is 0 Å². The quantitative estimate of drug-likeness (QED) is 0.345. The van der Waals surface area contributed by atoms with E-state index in [2.05, 4.69) is 0 Å². The second kappa shape index (κ2) is 10.4. The van der Waals surface area contributed by atoms with Crippen LogP contribution >= 0.6 is 23.5 Å². The first-order valence-electron chi connectivity index (χ1n) is 8.90. The molecule has 7 nitrogen and oxygen atoms in total. The predicted molar refractivity (Wildman–Crippen MR) is 106 cm³/mol. The molecule has 0 unspecified atom stereocenters. The summed E-state index contributed by atoms with van der Waals surface area (Å²) in [6.45, 7) is 3.53. The van der Waals surface area contributed by atoms with E-state index in [0.717, 1.165) is 30.8 Å². The molecule has 0 spiro atoms. The molecule has 0 saturated carbocycles. The Hall–Kier alpha value is -2.21. The summed E-state index contributed by atoms with van der Waals surface area (Å²) >= 11 is 2.43. The number of carbonyl (C=O) groups is 4. The van der Waals surface area contributed by atoms with Crippen LogP contribution in [0.3, 0.4) is 0 Å². The van der Waals surface area contributed by atoms with Crippen molar-refractivity contribution in [1.82, 2.24) is 0 Å². The molecule has 1 fully saturated rings. The molecule has 0 aliphatic carbocycles. The van der Waals surface area contributed by atoms with E-state index in [9.17, 15) is 32.3 Å². The highest BCUT2D eigenvalue weighted by atomic mass is 32.2. The van der Waals surface area contributed by atoms with Crippen LogP contribution in [-0.2, 0) is 28.6 Å². The number of esters is 3. The molecule has 0 aromatic heterocycles. The maximum absolute atomic E-state index is 12.6. The molecule has 1 heterocycles. The van der Waals surface area contributed by atoms with E-state index in [1.807, 2.05) is 0 Å². The third-order valence-electron chi connectivity index (χ3n) is 3.93. The number of Topliss-reactive ketones (excluding diaryl/α,β-unsaturated/α-hetero) is 1. The first-order chi connectivity index (χ1) is 14.4. The second-order valence-corrected chi connectivity index (χ2v) is 9.15. The van der Waals surface area contributed by atoms with Crippen LogP contribution in [0.25, 0.3) is 0 Å². The van der Waals surface area contributed by atoms with Crippen LogP contribution in [0, 0.1) is 0 Å². The van der Waals surface area contributed by atoms with Crippen molar-refractivity contribution < 1.29 is 46.6 Å². The highest BCUT2D eigenvalue weighted by molar-refractivity contribution is 8.17. The Balaban J connectivity index is 2.25. The molecule has 1 aromatic rings. The fourth-order valence-electron chi connectivity index (χ4n) is 2.79. The molecule has 1 saturated heterocycles. The standard InChI is InChI=1S/C19H19F3O7S2/c1-9(23)27-14-8-30-18(16(29-11(3)25)15(14)28-10(2)24)31-13-6-4-12(5-7-13)17(26)19(20,21)22/h4-7,14-16,18H,8H2,1-3H3/t14-,15+,16-,18+/m1/s1. The van der Waals surface area contributed by atoms with Crippen molar-refractivity contribution in [2.24, 2.45) is 0 Å². The van der Waals surface area contributed by atoms with Crippen molar-refractivity contribution in [3.05, 3.63) is 29.8 Å². The summed E-state index contributed by atoms with van der Waals surface area (Å²) in [4.78, 5) is 46.5. The Kier molecular flexibility index (Phi) is 8.41. The number of rotatable bonds is 6. The summed E-state index contributed by atoms with van der Waals surface area (Å²) in [6.07, 6.45) is -7.88. The molecule has 4 atom stereocenters. The first kappa shape index (κ1) is 25.1. The van der Waals surface area contributed by atoms with Crippen LogP contribution in [0.2, 0.25) is 0 Å².